The van der Waals surface area contributed by atoms with Gasteiger partial charge in [0, 0.05) is 53.0 Å². The second-order valence-electron chi connectivity index (χ2n) is 11.1. The van der Waals surface area contributed by atoms with E-state index in [1.807, 2.05) is 18.2 Å². The Morgan fingerprint density at radius 3 is 2.13 bits per heavy atom. The molecule has 0 radical (unpaired) electrons. The van der Waals surface area contributed by atoms with Gasteiger partial charge in [0.1, 0.15) is 22.0 Å². The number of anilines is 1. The number of nitrogens with zero attached hydrogens (tertiary/aromatic N) is 1. The number of halogens is 2. The Labute approximate surface area is 279 Å². The summed E-state index contributed by atoms with van der Waals surface area (Å²) in [6, 6.07) is 18.9. The fourth-order valence-corrected chi connectivity index (χ4v) is 6.60. The number of benzene rings is 4. The van der Waals surface area contributed by atoms with Crippen LogP contribution in [0.3, 0.4) is 0 Å². The largest absolute Gasteiger partial charge is 0.495 e. The van der Waals surface area contributed by atoms with E-state index in [0.29, 0.717) is 33.4 Å². The topological polar surface area (TPSA) is 97.1 Å². The van der Waals surface area contributed by atoms with Crippen LogP contribution in [0.25, 0.3) is 45.6 Å². The molecule has 0 atom stereocenters. The number of rotatable bonds is 12. The molecular weight excluding hydrogens is 645 g/mol. The van der Waals surface area contributed by atoms with Crippen molar-refractivity contribution in [3.63, 3.8) is 0 Å². The third-order valence-corrected chi connectivity index (χ3v) is 9.37. The monoisotopic (exact) mass is 679 g/mol. The van der Waals surface area contributed by atoms with Gasteiger partial charge in [0.2, 0.25) is 5.43 Å². The molecule has 1 aliphatic heterocycles. The van der Waals surface area contributed by atoms with Crippen molar-refractivity contribution >= 4 is 62.1 Å². The van der Waals surface area contributed by atoms with E-state index in [9.17, 15) is 17.8 Å². The van der Waals surface area contributed by atoms with Crippen molar-refractivity contribution in [2.24, 2.45) is 0 Å². The minimum Gasteiger partial charge on any atom is -0.495 e. The van der Waals surface area contributed by atoms with Gasteiger partial charge in [-0.05, 0) is 54.3 Å². The van der Waals surface area contributed by atoms with E-state index in [-0.39, 0.29) is 26.3 Å². The summed E-state index contributed by atoms with van der Waals surface area (Å²) in [5.74, 6) is 0.510. The van der Waals surface area contributed by atoms with E-state index in [0.717, 1.165) is 44.3 Å². The fraction of sp³-hybridized carbons (Fsp3) is 0.250. The van der Waals surface area contributed by atoms with Crippen LogP contribution in [0.2, 0.25) is 10.0 Å². The van der Waals surface area contributed by atoms with Crippen molar-refractivity contribution < 1.29 is 22.1 Å². The predicted octanol–water partition coefficient (Wildman–Crippen LogP) is 9.70. The number of unbranched alkanes of at least 4 members (excludes halogenated alkanes) is 2. The van der Waals surface area contributed by atoms with E-state index in [1.165, 1.54) is 31.0 Å². The first-order chi connectivity index (χ1) is 22.0. The van der Waals surface area contributed by atoms with E-state index >= 15 is 0 Å². The van der Waals surface area contributed by atoms with Gasteiger partial charge in [0.25, 0.3) is 10.1 Å². The van der Waals surface area contributed by atoms with Crippen LogP contribution in [0, 0.1) is 0 Å². The van der Waals surface area contributed by atoms with E-state index in [4.69, 9.17) is 32.4 Å². The minimum atomic E-state index is -4.72. The summed E-state index contributed by atoms with van der Waals surface area (Å²) in [5, 5.41) is 0.629. The van der Waals surface area contributed by atoms with Crippen molar-refractivity contribution in [2.45, 2.75) is 44.4 Å². The van der Waals surface area contributed by atoms with Gasteiger partial charge in [-0.25, -0.2) is 0 Å². The Morgan fingerprint density at radius 1 is 0.848 bits per heavy atom. The highest BCUT2D eigenvalue weighted by Gasteiger charge is 2.25. The second-order valence-corrected chi connectivity index (χ2v) is 13.3. The van der Waals surface area contributed by atoms with Crippen molar-refractivity contribution in [3.8, 4) is 28.2 Å². The molecule has 0 spiro atoms. The second kappa shape index (κ2) is 14.3. The molecule has 5 rings (SSSR count). The average Bonchev–Trinajstić information content (AvgIpc) is 3.03. The molecule has 0 fully saturated rings. The fourth-order valence-electron chi connectivity index (χ4n) is 5.46. The van der Waals surface area contributed by atoms with Gasteiger partial charge >= 0.3 is 0 Å². The summed E-state index contributed by atoms with van der Waals surface area (Å²) in [4.78, 5) is 14.5. The first-order valence-corrected chi connectivity index (χ1v) is 17.3. The average molecular weight is 681 g/mol. The molecule has 10 heteroatoms. The highest BCUT2D eigenvalue weighted by Crippen LogP contribution is 2.45. The molecule has 1 heterocycles. The van der Waals surface area contributed by atoms with Crippen LogP contribution >= 0.6 is 23.2 Å². The van der Waals surface area contributed by atoms with Gasteiger partial charge in [0.05, 0.1) is 17.2 Å². The summed E-state index contributed by atoms with van der Waals surface area (Å²) in [6.45, 7) is 6.41. The Balaban J connectivity index is 1.59. The van der Waals surface area contributed by atoms with Crippen LogP contribution in [-0.4, -0.2) is 33.2 Å². The third-order valence-electron chi connectivity index (χ3n) is 7.89. The number of fused-ring (bicyclic) bond motifs is 2. The molecule has 2 aliphatic rings. The maximum Gasteiger partial charge on any atom is 0.295 e. The molecule has 0 amide bonds. The summed E-state index contributed by atoms with van der Waals surface area (Å²) in [7, 11) is -3.26. The van der Waals surface area contributed by atoms with Gasteiger partial charge in [-0.15, -0.1) is 0 Å². The number of methoxy groups -OCH3 is 1. The molecule has 46 heavy (non-hydrogen) atoms. The maximum absolute atomic E-state index is 12.8. The molecular formula is C36H35Cl2NO6S. The van der Waals surface area contributed by atoms with E-state index < -0.39 is 15.5 Å². The molecule has 240 valence electrons. The number of hydrogen-bond donors (Lipinski definition) is 1. The van der Waals surface area contributed by atoms with Crippen molar-refractivity contribution in [1.82, 2.24) is 0 Å². The van der Waals surface area contributed by atoms with Crippen LogP contribution in [0.15, 0.2) is 80.8 Å². The number of hydrogen-bond acceptors (Lipinski definition) is 6. The molecule has 7 nitrogen and oxygen atoms in total. The van der Waals surface area contributed by atoms with Crippen LogP contribution in [0.1, 0.15) is 50.7 Å². The lowest BCUT2D eigenvalue weighted by Crippen LogP contribution is -2.25. The van der Waals surface area contributed by atoms with Crippen LogP contribution < -0.4 is 15.1 Å². The number of ether oxygens (including phenoxy) is 1. The molecule has 1 N–H and O–H groups in total. The van der Waals surface area contributed by atoms with Crippen molar-refractivity contribution in [3.05, 3.63) is 98.1 Å². The van der Waals surface area contributed by atoms with Gasteiger partial charge in [0.15, 0.2) is 0 Å². The lowest BCUT2D eigenvalue weighted by atomic mass is 9.93. The lowest BCUT2D eigenvalue weighted by Gasteiger charge is -2.24. The zero-order chi connectivity index (χ0) is 33.0. The molecule has 0 bridgehead atoms. The molecule has 1 aliphatic carbocycles. The Bertz CT molecular complexity index is 2030. The molecule has 0 saturated heterocycles. The predicted molar refractivity (Wildman–Crippen MR) is 188 cm³/mol. The quantitative estimate of drug-likeness (QED) is 0.0796. The molecule has 3 aromatic rings. The molecule has 3 aromatic carbocycles. The smallest absolute Gasteiger partial charge is 0.295 e. The SMILES string of the molecule is CCCCN(CCCC)c1ccc(/C=C/c2ccc(-c3c4cc(Cl)c(=O)cc-4oc4cc(OC)c(Cl)cc34)c(S(=O)(=O)O)c2)cc1. The van der Waals surface area contributed by atoms with Crippen molar-refractivity contribution in [2.75, 3.05) is 25.1 Å². The normalized spacial score (nSPS) is 12.0. The zero-order valence-corrected chi connectivity index (χ0v) is 28.2. The summed E-state index contributed by atoms with van der Waals surface area (Å²) < 4.78 is 47.5. The van der Waals surface area contributed by atoms with E-state index in [1.54, 1.807) is 30.3 Å². The Kier molecular flexibility index (Phi) is 10.4. The maximum atomic E-state index is 12.8. The summed E-state index contributed by atoms with van der Waals surface area (Å²) >= 11 is 12.7. The van der Waals surface area contributed by atoms with Gasteiger partial charge in [-0.1, -0.05) is 86.3 Å². The van der Waals surface area contributed by atoms with Gasteiger partial charge in [-0.2, -0.15) is 8.42 Å². The van der Waals surface area contributed by atoms with E-state index in [2.05, 4.69) is 30.9 Å². The van der Waals surface area contributed by atoms with Gasteiger partial charge in [-0.3, -0.25) is 9.35 Å². The molecule has 0 unspecified atom stereocenters. The highest BCUT2D eigenvalue weighted by molar-refractivity contribution is 7.86. The van der Waals surface area contributed by atoms with Crippen LogP contribution in [-0.2, 0) is 10.1 Å². The first kappa shape index (κ1) is 33.5. The van der Waals surface area contributed by atoms with Gasteiger partial charge < -0.3 is 14.1 Å². The summed E-state index contributed by atoms with van der Waals surface area (Å²) in [6.07, 6.45) is 8.22. The van der Waals surface area contributed by atoms with Crippen LogP contribution in [0.5, 0.6) is 5.75 Å². The lowest BCUT2D eigenvalue weighted by molar-refractivity contribution is 0.414. The Morgan fingerprint density at radius 2 is 1.50 bits per heavy atom. The molecule has 0 saturated carbocycles. The standard InChI is InChI=1S/C36H35Cl2NO6S/c1-4-6-16-39(17-7-5-2)25-13-10-23(11-14-25)8-9-24-12-15-26(35(18-24)46(41,42)43)36-27-19-29(37)31(40)21-32(27)45-33-22-34(44-3)30(38)20-28(33)36/h8-15,18-22H,4-7,16-17H2,1-3H3,(H,41,42,43)/b9-8+. The summed E-state index contributed by atoms with van der Waals surface area (Å²) in [5.41, 5.74) is 3.44. The zero-order valence-electron chi connectivity index (χ0n) is 25.8. The first-order valence-electron chi connectivity index (χ1n) is 15.1. The third kappa shape index (κ3) is 7.26. The minimum absolute atomic E-state index is 0.0688. The molecule has 0 aromatic heterocycles. The highest BCUT2D eigenvalue weighted by atomic mass is 35.5. The van der Waals surface area contributed by atoms with Crippen LogP contribution in [0.4, 0.5) is 5.69 Å². The van der Waals surface area contributed by atoms with Crippen molar-refractivity contribution in [1.29, 1.82) is 0 Å². The Hall–Kier alpha value is -3.82.